The Bertz CT molecular complexity index is 463. The Kier molecular flexibility index (Phi) is 2.51. The smallest absolute Gasteiger partial charge is 0.250 e. The first-order chi connectivity index (χ1) is 6.98. The van der Waals surface area contributed by atoms with E-state index in [1.165, 1.54) is 12.1 Å². The fourth-order valence-electron chi connectivity index (χ4n) is 1.62. The van der Waals surface area contributed by atoms with E-state index >= 15 is 0 Å². The Hall–Kier alpha value is -0.610. The number of alkyl halides is 1. The minimum atomic E-state index is -3.67. The molecule has 82 valence electrons. The first kappa shape index (κ1) is 10.9. The van der Waals surface area contributed by atoms with E-state index in [0.29, 0.717) is 0 Å². The molecule has 0 bridgehead atoms. The van der Waals surface area contributed by atoms with Crippen LogP contribution in [-0.4, -0.2) is 15.1 Å². The van der Waals surface area contributed by atoms with Crippen molar-refractivity contribution < 1.29 is 12.8 Å². The molecule has 0 aliphatic heterocycles. The van der Waals surface area contributed by atoms with Crippen LogP contribution in [0.4, 0.5) is 4.39 Å². The Morgan fingerprint density at radius 1 is 1.27 bits per heavy atom. The third-order valence-electron chi connectivity index (χ3n) is 2.86. The van der Waals surface area contributed by atoms with E-state index in [1.807, 2.05) is 0 Å². The van der Waals surface area contributed by atoms with Gasteiger partial charge in [0, 0.05) is 16.1 Å². The van der Waals surface area contributed by atoms with Gasteiger partial charge in [0.25, 0.3) is 9.05 Å². The Morgan fingerprint density at radius 3 is 2.13 bits per heavy atom. The summed E-state index contributed by atoms with van der Waals surface area (Å²) < 4.78 is 34.7. The highest BCUT2D eigenvalue weighted by Crippen LogP contribution is 2.48. The third kappa shape index (κ3) is 2.01. The van der Waals surface area contributed by atoms with Crippen molar-refractivity contribution in [2.75, 3.05) is 6.67 Å². The summed E-state index contributed by atoms with van der Waals surface area (Å²) >= 11 is 0. The van der Waals surface area contributed by atoms with Crippen LogP contribution in [0.15, 0.2) is 29.2 Å². The molecule has 1 saturated carbocycles. The average molecular weight is 249 g/mol. The van der Waals surface area contributed by atoms with Crippen LogP contribution < -0.4 is 0 Å². The first-order valence-corrected chi connectivity index (χ1v) is 6.90. The van der Waals surface area contributed by atoms with Crippen molar-refractivity contribution in [3.63, 3.8) is 0 Å². The summed E-state index contributed by atoms with van der Waals surface area (Å²) in [4.78, 5) is 0.0579. The molecule has 0 unspecified atom stereocenters. The van der Waals surface area contributed by atoms with Gasteiger partial charge in [0.2, 0.25) is 0 Å². The van der Waals surface area contributed by atoms with Crippen LogP contribution in [0.25, 0.3) is 0 Å². The fraction of sp³-hybridized carbons (Fsp3) is 0.400. The van der Waals surface area contributed by atoms with Gasteiger partial charge in [-0.3, -0.25) is 4.39 Å². The zero-order chi connectivity index (χ0) is 11.1. The summed E-state index contributed by atoms with van der Waals surface area (Å²) in [5.41, 5.74) is 0.503. The summed E-state index contributed by atoms with van der Waals surface area (Å²) in [6, 6.07) is 6.13. The van der Waals surface area contributed by atoms with Crippen molar-refractivity contribution in [1.82, 2.24) is 0 Å². The summed E-state index contributed by atoms with van der Waals surface area (Å²) in [6.07, 6.45) is 1.66. The molecule has 0 spiro atoms. The van der Waals surface area contributed by atoms with Gasteiger partial charge < -0.3 is 0 Å². The lowest BCUT2D eigenvalue weighted by Gasteiger charge is -2.10. The molecule has 1 aliphatic rings. The van der Waals surface area contributed by atoms with E-state index in [4.69, 9.17) is 10.7 Å². The number of halogens is 2. The van der Waals surface area contributed by atoms with E-state index in [2.05, 4.69) is 0 Å². The quantitative estimate of drug-likeness (QED) is 0.771. The van der Waals surface area contributed by atoms with Crippen LogP contribution in [-0.2, 0) is 14.5 Å². The number of rotatable bonds is 3. The van der Waals surface area contributed by atoms with Gasteiger partial charge in [-0.25, -0.2) is 8.42 Å². The van der Waals surface area contributed by atoms with E-state index in [1.54, 1.807) is 12.1 Å². The molecule has 15 heavy (non-hydrogen) atoms. The second-order valence-electron chi connectivity index (χ2n) is 3.88. The molecule has 0 radical (unpaired) electrons. The molecule has 5 heteroatoms. The van der Waals surface area contributed by atoms with Gasteiger partial charge in [-0.05, 0) is 30.5 Å². The molecule has 1 aromatic carbocycles. The van der Waals surface area contributed by atoms with Gasteiger partial charge in [0.15, 0.2) is 0 Å². The molecule has 0 atom stereocenters. The van der Waals surface area contributed by atoms with Gasteiger partial charge >= 0.3 is 0 Å². The van der Waals surface area contributed by atoms with Crippen molar-refractivity contribution in [3.8, 4) is 0 Å². The highest BCUT2D eigenvalue weighted by molar-refractivity contribution is 8.13. The monoisotopic (exact) mass is 248 g/mol. The standard InChI is InChI=1S/C10H10ClFO2S/c11-15(13,14)9-3-1-8(2-4-9)10(7-12)5-6-10/h1-4H,5-7H2. The third-order valence-corrected chi connectivity index (χ3v) is 4.23. The molecule has 0 aromatic heterocycles. The van der Waals surface area contributed by atoms with Gasteiger partial charge in [0.1, 0.15) is 0 Å². The largest absolute Gasteiger partial charge is 0.261 e. The lowest BCUT2D eigenvalue weighted by molar-refractivity contribution is 0.417. The molecule has 0 heterocycles. The van der Waals surface area contributed by atoms with Crippen LogP contribution in [0.3, 0.4) is 0 Å². The van der Waals surface area contributed by atoms with Crippen molar-refractivity contribution in [1.29, 1.82) is 0 Å². The summed E-state index contributed by atoms with van der Waals surface area (Å²) in [5.74, 6) is 0. The van der Waals surface area contributed by atoms with E-state index in [-0.39, 0.29) is 17.0 Å². The van der Waals surface area contributed by atoms with Gasteiger partial charge in [0.05, 0.1) is 11.6 Å². The Morgan fingerprint density at radius 2 is 1.80 bits per heavy atom. The maximum atomic E-state index is 12.7. The Labute approximate surface area is 92.5 Å². The molecular formula is C10H10ClFO2S. The normalized spacial score (nSPS) is 18.8. The minimum absolute atomic E-state index is 0.0579. The summed E-state index contributed by atoms with van der Waals surface area (Å²) in [5, 5.41) is 0. The van der Waals surface area contributed by atoms with Crippen LogP contribution in [0.2, 0.25) is 0 Å². The maximum Gasteiger partial charge on any atom is 0.261 e. The zero-order valence-electron chi connectivity index (χ0n) is 7.91. The average Bonchev–Trinajstić information content (AvgIpc) is 2.97. The van der Waals surface area contributed by atoms with E-state index < -0.39 is 9.05 Å². The molecule has 1 aliphatic carbocycles. The second kappa shape index (κ2) is 3.46. The molecular weight excluding hydrogens is 239 g/mol. The van der Waals surface area contributed by atoms with Crippen LogP contribution >= 0.6 is 10.7 Å². The summed E-state index contributed by atoms with van der Waals surface area (Å²) in [6.45, 7) is -0.389. The fourth-order valence-corrected chi connectivity index (χ4v) is 2.39. The number of benzene rings is 1. The summed E-state index contributed by atoms with van der Waals surface area (Å²) in [7, 11) is 1.50. The highest BCUT2D eigenvalue weighted by Gasteiger charge is 2.44. The van der Waals surface area contributed by atoms with E-state index in [9.17, 15) is 12.8 Å². The second-order valence-corrected chi connectivity index (χ2v) is 6.44. The minimum Gasteiger partial charge on any atom is -0.250 e. The molecule has 0 amide bonds. The number of hydrogen-bond donors (Lipinski definition) is 0. The molecule has 0 N–H and O–H groups in total. The first-order valence-electron chi connectivity index (χ1n) is 4.59. The number of hydrogen-bond acceptors (Lipinski definition) is 2. The molecule has 1 aromatic rings. The van der Waals surface area contributed by atoms with Crippen molar-refractivity contribution in [3.05, 3.63) is 29.8 Å². The van der Waals surface area contributed by atoms with Crippen LogP contribution in [0, 0.1) is 0 Å². The van der Waals surface area contributed by atoms with E-state index in [0.717, 1.165) is 18.4 Å². The topological polar surface area (TPSA) is 34.1 Å². The molecule has 2 nitrogen and oxygen atoms in total. The van der Waals surface area contributed by atoms with Crippen LogP contribution in [0.1, 0.15) is 18.4 Å². The predicted octanol–water partition coefficient (Wildman–Crippen LogP) is 2.62. The molecule has 1 fully saturated rings. The lowest BCUT2D eigenvalue weighted by Crippen LogP contribution is -2.08. The van der Waals surface area contributed by atoms with Gasteiger partial charge in [-0.1, -0.05) is 12.1 Å². The molecule has 2 rings (SSSR count). The predicted molar refractivity (Wildman–Crippen MR) is 56.4 cm³/mol. The van der Waals surface area contributed by atoms with Crippen molar-refractivity contribution >= 4 is 19.7 Å². The maximum absolute atomic E-state index is 12.7. The lowest BCUT2D eigenvalue weighted by atomic mass is 9.98. The SMILES string of the molecule is O=S(=O)(Cl)c1ccc(C2(CF)CC2)cc1. The van der Waals surface area contributed by atoms with Crippen molar-refractivity contribution in [2.45, 2.75) is 23.2 Å². The van der Waals surface area contributed by atoms with Gasteiger partial charge in [-0.2, -0.15) is 0 Å². The Balaban J connectivity index is 2.33. The van der Waals surface area contributed by atoms with Crippen LogP contribution in [0.5, 0.6) is 0 Å². The van der Waals surface area contributed by atoms with Crippen molar-refractivity contribution in [2.24, 2.45) is 0 Å². The zero-order valence-corrected chi connectivity index (χ0v) is 9.48. The van der Waals surface area contributed by atoms with Gasteiger partial charge in [-0.15, -0.1) is 0 Å². The molecule has 0 saturated heterocycles. The highest BCUT2D eigenvalue weighted by atomic mass is 35.7.